The van der Waals surface area contributed by atoms with E-state index in [1.807, 2.05) is 13.8 Å². The number of hydrogen-bond acceptors (Lipinski definition) is 7. The maximum Gasteiger partial charge on any atom is 0.408 e. The van der Waals surface area contributed by atoms with Crippen molar-refractivity contribution in [2.45, 2.75) is 97.9 Å². The van der Waals surface area contributed by atoms with E-state index in [0.29, 0.717) is 6.42 Å². The molecule has 0 aliphatic carbocycles. The summed E-state index contributed by atoms with van der Waals surface area (Å²) in [5.74, 6) is -2.50. The molecule has 0 saturated carbocycles. The van der Waals surface area contributed by atoms with Crippen LogP contribution in [0.1, 0.15) is 74.7 Å². The first-order chi connectivity index (χ1) is 14.9. The lowest BCUT2D eigenvalue weighted by molar-refractivity contribution is -0.158. The maximum atomic E-state index is 12.6. The van der Waals surface area contributed by atoms with Gasteiger partial charge in [-0.25, -0.2) is 9.59 Å². The minimum absolute atomic E-state index is 0.0416. The number of nitrogens with one attached hydrogen (secondary N) is 3. The number of amides is 4. The van der Waals surface area contributed by atoms with E-state index in [1.165, 1.54) is 0 Å². The molecule has 11 nitrogen and oxygen atoms in total. The summed E-state index contributed by atoms with van der Waals surface area (Å²) in [6, 6.07) is -2.02. The number of nitrogens with two attached hydrogens (primary N) is 1. The maximum absolute atomic E-state index is 12.6. The zero-order valence-electron chi connectivity index (χ0n) is 21.0. The van der Waals surface area contributed by atoms with Gasteiger partial charge in [0.2, 0.25) is 17.7 Å². The quantitative estimate of drug-likeness (QED) is 0.327. The van der Waals surface area contributed by atoms with E-state index in [4.69, 9.17) is 15.2 Å². The van der Waals surface area contributed by atoms with E-state index in [-0.39, 0.29) is 18.8 Å². The average Bonchev–Trinajstić information content (AvgIpc) is 2.58. The van der Waals surface area contributed by atoms with Crippen molar-refractivity contribution in [2.24, 2.45) is 11.7 Å². The molecule has 0 fully saturated rings. The predicted octanol–water partition coefficient (Wildman–Crippen LogP) is 1.13. The van der Waals surface area contributed by atoms with Gasteiger partial charge in [0.25, 0.3) is 0 Å². The van der Waals surface area contributed by atoms with Gasteiger partial charge >= 0.3 is 12.1 Å². The fraction of sp³-hybridized carbons (Fsp3) is 0.773. The van der Waals surface area contributed by atoms with E-state index in [0.717, 1.165) is 0 Å². The van der Waals surface area contributed by atoms with Crippen LogP contribution in [0.25, 0.3) is 0 Å². The number of carbonyl (C=O) groups excluding carboxylic acids is 5. The number of rotatable bonds is 11. The average molecular weight is 473 g/mol. The van der Waals surface area contributed by atoms with Crippen LogP contribution in [0.2, 0.25) is 0 Å². The van der Waals surface area contributed by atoms with Crippen molar-refractivity contribution >= 4 is 29.8 Å². The molecule has 0 aliphatic rings. The molecule has 0 aliphatic heterocycles. The molecule has 11 heteroatoms. The lowest BCUT2D eigenvalue weighted by Crippen LogP contribution is -2.52. The standard InChI is InChI=1S/C22H40N4O7/c1-13(2)11-15(26-20(31)33-22(6,7)8)18(29)24-12-17(28)25-14(9-10-16(23)27)19(30)32-21(3,4)5/h13-15H,9-12H2,1-8H3,(H2,23,27)(H,24,29)(H,25,28)(H,26,31). The first-order valence-electron chi connectivity index (χ1n) is 11.0. The molecule has 0 aromatic heterocycles. The molecule has 0 heterocycles. The number of carbonyl (C=O) groups is 5. The molecule has 0 saturated heterocycles. The molecular weight excluding hydrogens is 432 g/mol. The summed E-state index contributed by atoms with van der Waals surface area (Å²) >= 11 is 0. The number of primary amides is 1. The normalized spacial score (nSPS) is 13.5. The first-order valence-corrected chi connectivity index (χ1v) is 11.0. The fourth-order valence-corrected chi connectivity index (χ4v) is 2.60. The number of esters is 1. The topological polar surface area (TPSA) is 166 Å². The molecular formula is C22H40N4O7. The van der Waals surface area contributed by atoms with E-state index < -0.39 is 59.6 Å². The Morgan fingerprint density at radius 3 is 1.85 bits per heavy atom. The highest BCUT2D eigenvalue weighted by Crippen LogP contribution is 2.11. The highest BCUT2D eigenvalue weighted by atomic mass is 16.6. The van der Waals surface area contributed by atoms with Crippen LogP contribution >= 0.6 is 0 Å². The van der Waals surface area contributed by atoms with Gasteiger partial charge < -0.3 is 31.2 Å². The number of ether oxygens (including phenoxy) is 2. The van der Waals surface area contributed by atoms with Crippen LogP contribution in [0.5, 0.6) is 0 Å². The summed E-state index contributed by atoms with van der Waals surface area (Å²) in [7, 11) is 0. The summed E-state index contributed by atoms with van der Waals surface area (Å²) in [6.45, 7) is 13.4. The van der Waals surface area contributed by atoms with Crippen LogP contribution in [0, 0.1) is 5.92 Å². The van der Waals surface area contributed by atoms with Crippen LogP contribution in [0.4, 0.5) is 4.79 Å². The van der Waals surface area contributed by atoms with E-state index in [2.05, 4.69) is 16.0 Å². The Morgan fingerprint density at radius 2 is 1.39 bits per heavy atom. The highest BCUT2D eigenvalue weighted by molar-refractivity contribution is 5.91. The van der Waals surface area contributed by atoms with Gasteiger partial charge in [0, 0.05) is 6.42 Å². The largest absolute Gasteiger partial charge is 0.458 e. The van der Waals surface area contributed by atoms with Crippen LogP contribution < -0.4 is 21.7 Å². The third kappa shape index (κ3) is 15.6. The third-order valence-corrected chi connectivity index (χ3v) is 3.84. The summed E-state index contributed by atoms with van der Waals surface area (Å²) in [5, 5.41) is 7.42. The second-order valence-corrected chi connectivity index (χ2v) is 10.2. The molecule has 190 valence electrons. The Bertz CT molecular complexity index is 709. The second-order valence-electron chi connectivity index (χ2n) is 10.2. The summed E-state index contributed by atoms with van der Waals surface area (Å²) < 4.78 is 10.5. The van der Waals surface area contributed by atoms with Gasteiger partial charge in [-0.3, -0.25) is 14.4 Å². The summed E-state index contributed by atoms with van der Waals surface area (Å²) in [5.41, 5.74) is 3.62. The zero-order valence-corrected chi connectivity index (χ0v) is 21.0. The summed E-state index contributed by atoms with van der Waals surface area (Å²) in [4.78, 5) is 60.5. The van der Waals surface area contributed by atoms with Crippen LogP contribution in [0.3, 0.4) is 0 Å². The van der Waals surface area contributed by atoms with Crippen molar-refractivity contribution in [2.75, 3.05) is 6.54 Å². The summed E-state index contributed by atoms with van der Waals surface area (Å²) in [6.07, 6.45) is -0.595. The third-order valence-electron chi connectivity index (χ3n) is 3.84. The smallest absolute Gasteiger partial charge is 0.408 e. The van der Waals surface area contributed by atoms with Crippen molar-refractivity contribution in [3.8, 4) is 0 Å². The number of hydrogen-bond donors (Lipinski definition) is 4. The molecule has 0 aromatic carbocycles. The molecule has 2 atom stereocenters. The lowest BCUT2D eigenvalue weighted by atomic mass is 10.0. The van der Waals surface area contributed by atoms with Crippen LogP contribution in [-0.4, -0.2) is 59.6 Å². The Balaban J connectivity index is 5.05. The van der Waals surface area contributed by atoms with E-state index in [1.54, 1.807) is 41.5 Å². The molecule has 0 rings (SSSR count). The Labute approximate surface area is 195 Å². The Kier molecular flexibility index (Phi) is 11.9. The second kappa shape index (κ2) is 13.0. The van der Waals surface area contributed by atoms with Gasteiger partial charge in [-0.15, -0.1) is 0 Å². The van der Waals surface area contributed by atoms with Crippen molar-refractivity contribution in [3.05, 3.63) is 0 Å². The zero-order chi connectivity index (χ0) is 26.0. The monoisotopic (exact) mass is 472 g/mol. The molecule has 0 radical (unpaired) electrons. The van der Waals surface area contributed by atoms with Gasteiger partial charge in [0.1, 0.15) is 23.3 Å². The molecule has 33 heavy (non-hydrogen) atoms. The van der Waals surface area contributed by atoms with E-state index >= 15 is 0 Å². The lowest BCUT2D eigenvalue weighted by Gasteiger charge is -2.25. The van der Waals surface area contributed by atoms with Crippen molar-refractivity contribution in [1.29, 1.82) is 0 Å². The molecule has 0 aromatic rings. The van der Waals surface area contributed by atoms with Gasteiger partial charge in [0.05, 0.1) is 6.54 Å². The van der Waals surface area contributed by atoms with Gasteiger partial charge in [-0.1, -0.05) is 13.8 Å². The van der Waals surface area contributed by atoms with Crippen LogP contribution in [-0.2, 0) is 28.7 Å². The van der Waals surface area contributed by atoms with Crippen molar-refractivity contribution < 1.29 is 33.4 Å². The minimum Gasteiger partial charge on any atom is -0.458 e. The van der Waals surface area contributed by atoms with Gasteiger partial charge in [0.15, 0.2) is 0 Å². The predicted molar refractivity (Wildman–Crippen MR) is 122 cm³/mol. The van der Waals surface area contributed by atoms with Gasteiger partial charge in [-0.2, -0.15) is 0 Å². The Morgan fingerprint density at radius 1 is 0.848 bits per heavy atom. The van der Waals surface area contributed by atoms with Crippen molar-refractivity contribution in [3.63, 3.8) is 0 Å². The molecule has 4 amide bonds. The molecule has 0 spiro atoms. The van der Waals surface area contributed by atoms with Crippen molar-refractivity contribution in [1.82, 2.24) is 16.0 Å². The van der Waals surface area contributed by atoms with Crippen LogP contribution in [0.15, 0.2) is 0 Å². The van der Waals surface area contributed by atoms with Gasteiger partial charge in [-0.05, 0) is 60.3 Å². The van der Waals surface area contributed by atoms with E-state index in [9.17, 15) is 24.0 Å². The minimum atomic E-state index is -1.10. The first kappa shape index (κ1) is 30.1. The molecule has 0 bridgehead atoms. The molecule has 2 unspecified atom stereocenters. The molecule has 5 N–H and O–H groups in total. The fourth-order valence-electron chi connectivity index (χ4n) is 2.60. The Hall–Kier alpha value is -2.85. The highest BCUT2D eigenvalue weighted by Gasteiger charge is 2.28. The SMILES string of the molecule is CC(C)CC(NC(=O)OC(C)(C)C)C(=O)NCC(=O)NC(CCC(N)=O)C(=O)OC(C)(C)C. The number of alkyl carbamates (subject to hydrolysis) is 1.